The molecule has 0 aliphatic carbocycles. The molecular formula is C30H45NO3S. The van der Waals surface area contributed by atoms with E-state index in [-0.39, 0.29) is 11.2 Å². The van der Waals surface area contributed by atoms with Crippen molar-refractivity contribution in [2.45, 2.75) is 95.5 Å². The first-order chi connectivity index (χ1) is 16.4. The van der Waals surface area contributed by atoms with E-state index < -0.39 is 27.3 Å². The van der Waals surface area contributed by atoms with Crippen molar-refractivity contribution >= 4 is 15.5 Å². The van der Waals surface area contributed by atoms with E-state index in [4.69, 9.17) is 0 Å². The first-order valence-electron chi connectivity index (χ1n) is 13.2. The second-order valence-corrected chi connectivity index (χ2v) is 13.7. The van der Waals surface area contributed by atoms with Gasteiger partial charge >= 0.3 is 0 Å². The van der Waals surface area contributed by atoms with Gasteiger partial charge in [0, 0.05) is 31.1 Å². The molecule has 194 valence electrons. The lowest BCUT2D eigenvalue weighted by Gasteiger charge is -2.40. The summed E-state index contributed by atoms with van der Waals surface area (Å²) in [7, 11) is 0.350. The monoisotopic (exact) mass is 499 g/mol. The molecule has 0 bridgehead atoms. The van der Waals surface area contributed by atoms with Gasteiger partial charge in [-0.05, 0) is 53.1 Å². The van der Waals surface area contributed by atoms with E-state index in [1.807, 2.05) is 31.1 Å². The Morgan fingerprint density at radius 1 is 0.971 bits per heavy atom. The normalized spacial score (nSPS) is 21.3. The van der Waals surface area contributed by atoms with Crippen molar-refractivity contribution in [2.75, 3.05) is 24.7 Å². The van der Waals surface area contributed by atoms with Gasteiger partial charge in [-0.1, -0.05) is 84.6 Å². The topological polar surface area (TPSA) is 57.6 Å². The van der Waals surface area contributed by atoms with Crippen LogP contribution < -0.4 is 4.90 Å². The molecular weight excluding hydrogens is 454 g/mol. The van der Waals surface area contributed by atoms with E-state index in [1.54, 1.807) is 6.07 Å². The summed E-state index contributed by atoms with van der Waals surface area (Å²) in [5.74, 6) is -0.392. The Morgan fingerprint density at radius 3 is 2.03 bits per heavy atom. The number of hydrogen-bond donors (Lipinski definition) is 1. The van der Waals surface area contributed by atoms with E-state index in [2.05, 4.69) is 58.9 Å². The summed E-state index contributed by atoms with van der Waals surface area (Å²) in [5.41, 5.74) is 3.22. The molecule has 0 unspecified atom stereocenters. The quantitative estimate of drug-likeness (QED) is 0.439. The van der Waals surface area contributed by atoms with Gasteiger partial charge in [-0.2, -0.15) is 0 Å². The molecule has 1 heterocycles. The first-order valence-corrected chi connectivity index (χ1v) is 14.8. The number of unbranched alkanes of at least 4 members (excludes halogenated alkanes) is 2. The fourth-order valence-electron chi connectivity index (χ4n) is 5.58. The van der Waals surface area contributed by atoms with Crippen LogP contribution in [-0.2, 0) is 15.3 Å². The summed E-state index contributed by atoms with van der Waals surface area (Å²) in [6.45, 7) is 10.8. The smallest absolute Gasteiger partial charge is 0.179 e. The van der Waals surface area contributed by atoms with Gasteiger partial charge in [0.1, 0.15) is 0 Å². The maximum atomic E-state index is 13.9. The molecule has 3 rings (SSSR count). The molecule has 2 aromatic carbocycles. The molecule has 2 aromatic rings. The zero-order chi connectivity index (χ0) is 26.0. The molecule has 2 atom stereocenters. The van der Waals surface area contributed by atoms with Gasteiger partial charge in [0.2, 0.25) is 0 Å². The lowest BCUT2D eigenvalue weighted by Crippen LogP contribution is -2.43. The van der Waals surface area contributed by atoms with Gasteiger partial charge in [0.15, 0.2) is 9.84 Å². The standard InChI is InChI=1S/C30H45NO3S/c1-8-10-18-30(19-11-9-2)21-35(33,34)26-17-16-24(31(6)7)20-25(26)27(28(30)32)22-12-14-23(15-13-22)29(3,4)5/h12-17,20,27-28,32H,8-11,18-19,21H2,1-7H3/t27-,28-/m1/s1. The number of nitrogens with zero attached hydrogens (tertiary/aromatic N) is 1. The highest BCUT2D eigenvalue weighted by molar-refractivity contribution is 7.91. The Morgan fingerprint density at radius 2 is 1.54 bits per heavy atom. The van der Waals surface area contributed by atoms with E-state index in [9.17, 15) is 13.5 Å². The molecule has 0 fully saturated rings. The molecule has 0 radical (unpaired) electrons. The lowest BCUT2D eigenvalue weighted by atomic mass is 9.68. The summed E-state index contributed by atoms with van der Waals surface area (Å²) in [6.07, 6.45) is 4.42. The van der Waals surface area contributed by atoms with Gasteiger partial charge in [-0.15, -0.1) is 0 Å². The highest BCUT2D eigenvalue weighted by Crippen LogP contribution is 2.50. The lowest BCUT2D eigenvalue weighted by molar-refractivity contribution is 0.0127. The molecule has 0 aromatic heterocycles. The van der Waals surface area contributed by atoms with Crippen LogP contribution in [0, 0.1) is 5.41 Å². The maximum Gasteiger partial charge on any atom is 0.179 e. The van der Waals surface area contributed by atoms with E-state index in [1.165, 1.54) is 5.56 Å². The van der Waals surface area contributed by atoms with Crippen LogP contribution in [0.25, 0.3) is 0 Å². The second kappa shape index (κ2) is 10.6. The fraction of sp³-hybridized carbons (Fsp3) is 0.600. The predicted octanol–water partition coefficient (Wildman–Crippen LogP) is 6.70. The van der Waals surface area contributed by atoms with Crippen molar-refractivity contribution in [3.8, 4) is 0 Å². The molecule has 5 heteroatoms. The number of rotatable bonds is 8. The predicted molar refractivity (Wildman–Crippen MR) is 147 cm³/mol. The van der Waals surface area contributed by atoms with Crippen LogP contribution in [0.15, 0.2) is 47.4 Å². The first kappa shape index (κ1) is 27.7. The third-order valence-corrected chi connectivity index (χ3v) is 9.79. The summed E-state index contributed by atoms with van der Waals surface area (Å²) in [4.78, 5) is 2.37. The zero-order valence-corrected chi connectivity index (χ0v) is 23.6. The van der Waals surface area contributed by atoms with Crippen molar-refractivity contribution in [3.63, 3.8) is 0 Å². The molecule has 4 nitrogen and oxygen atoms in total. The maximum absolute atomic E-state index is 13.9. The highest BCUT2D eigenvalue weighted by atomic mass is 32.2. The number of aliphatic hydroxyl groups is 1. The van der Waals surface area contributed by atoms with Crippen LogP contribution in [-0.4, -0.2) is 39.5 Å². The summed E-state index contributed by atoms with van der Waals surface area (Å²) in [5, 5.41) is 12.2. The van der Waals surface area contributed by atoms with Gasteiger partial charge < -0.3 is 10.0 Å². The van der Waals surface area contributed by atoms with E-state index in [0.29, 0.717) is 4.90 Å². The third kappa shape index (κ3) is 5.77. The molecule has 0 amide bonds. The number of hydrogen-bond acceptors (Lipinski definition) is 4. The highest BCUT2D eigenvalue weighted by Gasteiger charge is 2.49. The van der Waals surface area contributed by atoms with Crippen LogP contribution in [0.2, 0.25) is 0 Å². The Bertz CT molecular complexity index is 1090. The van der Waals surface area contributed by atoms with Gasteiger partial charge in [-0.25, -0.2) is 8.42 Å². The molecule has 0 saturated carbocycles. The third-order valence-electron chi connectivity index (χ3n) is 7.79. The van der Waals surface area contributed by atoms with Crippen LogP contribution in [0.5, 0.6) is 0 Å². The minimum atomic E-state index is -3.57. The van der Waals surface area contributed by atoms with Crippen molar-refractivity contribution in [1.82, 2.24) is 0 Å². The average Bonchev–Trinajstić information content (AvgIpc) is 2.86. The van der Waals surface area contributed by atoms with Crippen molar-refractivity contribution < 1.29 is 13.5 Å². The Hall–Kier alpha value is -1.85. The summed E-state index contributed by atoms with van der Waals surface area (Å²) >= 11 is 0. The molecule has 1 aliphatic rings. The Balaban J connectivity index is 2.29. The van der Waals surface area contributed by atoms with E-state index >= 15 is 0 Å². The van der Waals surface area contributed by atoms with Crippen LogP contribution in [0.1, 0.15) is 95.8 Å². The van der Waals surface area contributed by atoms with Gasteiger partial charge in [-0.3, -0.25) is 0 Å². The Labute approximate surface area is 213 Å². The summed E-state index contributed by atoms with van der Waals surface area (Å²) in [6, 6.07) is 14.1. The SMILES string of the molecule is CCCCC1(CCCC)CS(=O)(=O)c2ccc(N(C)C)cc2[C@@H](c2ccc(C(C)(C)C)cc2)[C@H]1O. The largest absolute Gasteiger partial charge is 0.392 e. The minimum Gasteiger partial charge on any atom is -0.392 e. The second-order valence-electron chi connectivity index (χ2n) is 11.7. The molecule has 0 saturated heterocycles. The summed E-state index contributed by atoms with van der Waals surface area (Å²) < 4.78 is 27.8. The molecule has 0 spiro atoms. The van der Waals surface area contributed by atoms with Crippen molar-refractivity contribution in [2.24, 2.45) is 5.41 Å². The van der Waals surface area contributed by atoms with Gasteiger partial charge in [0.05, 0.1) is 16.8 Å². The number of anilines is 1. The van der Waals surface area contributed by atoms with E-state index in [0.717, 1.165) is 55.3 Å². The van der Waals surface area contributed by atoms with Crippen LogP contribution in [0.3, 0.4) is 0 Å². The molecule has 1 N–H and O–H groups in total. The Kier molecular flexibility index (Phi) is 8.43. The average molecular weight is 500 g/mol. The van der Waals surface area contributed by atoms with Crippen molar-refractivity contribution in [1.29, 1.82) is 0 Å². The zero-order valence-electron chi connectivity index (χ0n) is 22.8. The van der Waals surface area contributed by atoms with Crippen LogP contribution >= 0.6 is 0 Å². The van der Waals surface area contributed by atoms with Crippen LogP contribution in [0.4, 0.5) is 5.69 Å². The molecule has 35 heavy (non-hydrogen) atoms. The number of sulfone groups is 1. The van der Waals surface area contributed by atoms with Gasteiger partial charge in [0.25, 0.3) is 0 Å². The number of fused-ring (bicyclic) bond motifs is 1. The fourth-order valence-corrected chi connectivity index (χ4v) is 7.77. The number of aliphatic hydroxyl groups excluding tert-OH is 1. The van der Waals surface area contributed by atoms with Crippen molar-refractivity contribution in [3.05, 3.63) is 59.2 Å². The number of benzene rings is 2. The minimum absolute atomic E-state index is 0.00600. The molecule has 1 aliphatic heterocycles.